The highest BCUT2D eigenvalue weighted by Gasteiger charge is 1.99. The summed E-state index contributed by atoms with van der Waals surface area (Å²) in [5.74, 6) is 0.246. The highest BCUT2D eigenvalue weighted by molar-refractivity contribution is 9.10. The lowest BCUT2D eigenvalue weighted by molar-refractivity contribution is 0.473. The Morgan fingerprint density at radius 3 is 3.00 bits per heavy atom. The van der Waals surface area contributed by atoms with Gasteiger partial charge in [0.2, 0.25) is 0 Å². The number of hydrogen-bond acceptors (Lipinski definition) is 2. The minimum atomic E-state index is 0.246. The molecule has 60 valence electrons. The molecule has 0 unspecified atom stereocenters. The minimum Gasteiger partial charge on any atom is -0.507 e. The zero-order valence-electron chi connectivity index (χ0n) is 6.16. The SMILES string of the molecule is Oc1cc2cccnc2cc1Br. The van der Waals surface area contributed by atoms with Gasteiger partial charge >= 0.3 is 0 Å². The van der Waals surface area contributed by atoms with Crippen LogP contribution in [0.25, 0.3) is 10.9 Å². The van der Waals surface area contributed by atoms with Crippen molar-refractivity contribution in [2.75, 3.05) is 0 Å². The molecular formula is C9H6BrNO. The second kappa shape index (κ2) is 2.75. The van der Waals surface area contributed by atoms with Crippen LogP contribution in [0.4, 0.5) is 0 Å². The molecule has 1 heterocycles. The largest absolute Gasteiger partial charge is 0.507 e. The smallest absolute Gasteiger partial charge is 0.130 e. The second-order valence-electron chi connectivity index (χ2n) is 2.50. The van der Waals surface area contributed by atoms with Gasteiger partial charge in [-0.2, -0.15) is 0 Å². The van der Waals surface area contributed by atoms with Crippen LogP contribution < -0.4 is 0 Å². The summed E-state index contributed by atoms with van der Waals surface area (Å²) in [7, 11) is 0. The maximum Gasteiger partial charge on any atom is 0.130 e. The Balaban J connectivity index is 2.84. The lowest BCUT2D eigenvalue weighted by Gasteiger charge is -1.99. The molecule has 1 N–H and O–H groups in total. The van der Waals surface area contributed by atoms with Crippen LogP contribution in [0.15, 0.2) is 34.9 Å². The molecule has 0 bridgehead atoms. The van der Waals surface area contributed by atoms with E-state index in [0.29, 0.717) is 4.47 Å². The maximum atomic E-state index is 9.34. The Bertz CT molecular complexity index is 387. The molecule has 2 aromatic rings. The first-order chi connectivity index (χ1) is 5.77. The van der Waals surface area contributed by atoms with Gasteiger partial charge in [0, 0.05) is 11.6 Å². The van der Waals surface area contributed by atoms with E-state index < -0.39 is 0 Å². The third kappa shape index (κ3) is 1.16. The van der Waals surface area contributed by atoms with Crippen LogP contribution in [-0.4, -0.2) is 10.1 Å². The summed E-state index contributed by atoms with van der Waals surface area (Å²) in [6.45, 7) is 0. The van der Waals surface area contributed by atoms with E-state index >= 15 is 0 Å². The minimum absolute atomic E-state index is 0.246. The first-order valence-electron chi connectivity index (χ1n) is 3.50. The molecule has 0 atom stereocenters. The van der Waals surface area contributed by atoms with Gasteiger partial charge in [0.15, 0.2) is 0 Å². The zero-order chi connectivity index (χ0) is 8.55. The number of pyridine rings is 1. The molecule has 1 aromatic carbocycles. The van der Waals surface area contributed by atoms with Gasteiger partial charge in [-0.25, -0.2) is 0 Å². The molecule has 0 saturated heterocycles. The van der Waals surface area contributed by atoms with E-state index in [2.05, 4.69) is 20.9 Å². The maximum absolute atomic E-state index is 9.34. The van der Waals surface area contributed by atoms with Gasteiger partial charge < -0.3 is 5.11 Å². The van der Waals surface area contributed by atoms with Gasteiger partial charge in [0.1, 0.15) is 5.75 Å². The predicted molar refractivity (Wildman–Crippen MR) is 51.1 cm³/mol. The van der Waals surface area contributed by atoms with Gasteiger partial charge in [-0.3, -0.25) is 4.98 Å². The van der Waals surface area contributed by atoms with Crippen LogP contribution in [0, 0.1) is 0 Å². The summed E-state index contributed by atoms with van der Waals surface area (Å²) >= 11 is 3.23. The molecule has 0 saturated carbocycles. The van der Waals surface area contributed by atoms with Crippen molar-refractivity contribution >= 4 is 26.8 Å². The average Bonchev–Trinajstić information content (AvgIpc) is 2.07. The quantitative estimate of drug-likeness (QED) is 0.746. The van der Waals surface area contributed by atoms with Crippen LogP contribution in [-0.2, 0) is 0 Å². The number of benzene rings is 1. The van der Waals surface area contributed by atoms with Gasteiger partial charge in [0.05, 0.1) is 9.99 Å². The van der Waals surface area contributed by atoms with E-state index in [9.17, 15) is 5.11 Å². The topological polar surface area (TPSA) is 33.1 Å². The van der Waals surface area contributed by atoms with E-state index in [4.69, 9.17) is 0 Å². The van der Waals surface area contributed by atoms with Gasteiger partial charge in [-0.05, 0) is 34.1 Å². The van der Waals surface area contributed by atoms with Crippen LogP contribution in [0.2, 0.25) is 0 Å². The number of phenolic OH excluding ortho intramolecular Hbond substituents is 1. The fourth-order valence-electron chi connectivity index (χ4n) is 1.08. The molecule has 0 radical (unpaired) electrons. The molecule has 2 nitrogen and oxygen atoms in total. The van der Waals surface area contributed by atoms with Crippen LogP contribution in [0.3, 0.4) is 0 Å². The molecule has 0 fully saturated rings. The van der Waals surface area contributed by atoms with Crippen LogP contribution in [0.1, 0.15) is 0 Å². The molecular weight excluding hydrogens is 218 g/mol. The van der Waals surface area contributed by atoms with E-state index in [0.717, 1.165) is 10.9 Å². The van der Waals surface area contributed by atoms with E-state index in [-0.39, 0.29) is 5.75 Å². The number of halogens is 1. The Morgan fingerprint density at radius 2 is 2.17 bits per heavy atom. The zero-order valence-corrected chi connectivity index (χ0v) is 7.75. The van der Waals surface area contributed by atoms with Crippen molar-refractivity contribution in [2.45, 2.75) is 0 Å². The first-order valence-corrected chi connectivity index (χ1v) is 4.30. The number of aromatic hydroxyl groups is 1. The number of rotatable bonds is 0. The van der Waals surface area contributed by atoms with E-state index in [1.807, 2.05) is 12.1 Å². The second-order valence-corrected chi connectivity index (χ2v) is 3.35. The highest BCUT2D eigenvalue weighted by Crippen LogP contribution is 2.27. The number of nitrogens with zero attached hydrogens (tertiary/aromatic N) is 1. The monoisotopic (exact) mass is 223 g/mol. The fourth-order valence-corrected chi connectivity index (χ4v) is 1.41. The molecule has 1 aromatic heterocycles. The van der Waals surface area contributed by atoms with Crippen molar-refractivity contribution < 1.29 is 5.11 Å². The molecule has 0 aliphatic heterocycles. The van der Waals surface area contributed by atoms with Gasteiger partial charge in [0.25, 0.3) is 0 Å². The lowest BCUT2D eigenvalue weighted by Crippen LogP contribution is -1.77. The summed E-state index contributed by atoms with van der Waals surface area (Å²) in [6.07, 6.45) is 1.73. The summed E-state index contributed by atoms with van der Waals surface area (Å²) in [5.41, 5.74) is 0.877. The van der Waals surface area contributed by atoms with E-state index in [1.54, 1.807) is 18.3 Å². The third-order valence-corrected chi connectivity index (χ3v) is 2.31. The predicted octanol–water partition coefficient (Wildman–Crippen LogP) is 2.70. The number of phenols is 1. The normalized spacial score (nSPS) is 10.4. The molecule has 0 aliphatic carbocycles. The number of hydrogen-bond donors (Lipinski definition) is 1. The van der Waals surface area contributed by atoms with Crippen LogP contribution in [0.5, 0.6) is 5.75 Å². The summed E-state index contributed by atoms with van der Waals surface area (Å²) < 4.78 is 0.675. The van der Waals surface area contributed by atoms with E-state index in [1.165, 1.54) is 0 Å². The first kappa shape index (κ1) is 7.55. The number of fused-ring (bicyclic) bond motifs is 1. The molecule has 12 heavy (non-hydrogen) atoms. The van der Waals surface area contributed by atoms with Crippen molar-refractivity contribution in [1.29, 1.82) is 0 Å². The molecule has 3 heteroatoms. The molecule has 0 spiro atoms. The third-order valence-electron chi connectivity index (χ3n) is 1.67. The Labute approximate surface area is 78.0 Å². The Morgan fingerprint density at radius 1 is 1.33 bits per heavy atom. The molecule has 0 amide bonds. The van der Waals surface area contributed by atoms with Crippen molar-refractivity contribution in [3.05, 3.63) is 34.9 Å². The molecule has 2 rings (SSSR count). The summed E-state index contributed by atoms with van der Waals surface area (Å²) in [6, 6.07) is 7.24. The van der Waals surface area contributed by atoms with Crippen LogP contribution >= 0.6 is 15.9 Å². The highest BCUT2D eigenvalue weighted by atomic mass is 79.9. The Kier molecular flexibility index (Phi) is 1.73. The van der Waals surface area contributed by atoms with Crippen molar-refractivity contribution in [2.24, 2.45) is 0 Å². The van der Waals surface area contributed by atoms with Crippen molar-refractivity contribution in [1.82, 2.24) is 4.98 Å². The standard InChI is InChI=1S/C9H6BrNO/c10-7-5-8-6(4-9(7)12)2-1-3-11-8/h1-5,12H. The van der Waals surface area contributed by atoms with Gasteiger partial charge in [-0.15, -0.1) is 0 Å². The average molecular weight is 224 g/mol. The lowest BCUT2D eigenvalue weighted by atomic mass is 10.2. The fraction of sp³-hybridized carbons (Fsp3) is 0. The van der Waals surface area contributed by atoms with Crippen molar-refractivity contribution in [3.63, 3.8) is 0 Å². The Hall–Kier alpha value is -1.09. The number of aromatic nitrogens is 1. The summed E-state index contributed by atoms with van der Waals surface area (Å²) in [5, 5.41) is 10.3. The van der Waals surface area contributed by atoms with Gasteiger partial charge in [-0.1, -0.05) is 6.07 Å². The molecule has 0 aliphatic rings. The van der Waals surface area contributed by atoms with Crippen molar-refractivity contribution in [3.8, 4) is 5.75 Å². The summed E-state index contributed by atoms with van der Waals surface area (Å²) in [4.78, 5) is 4.14.